The molecule has 0 aromatic heterocycles. The molecule has 7 aromatic carbocycles. The number of methoxy groups -OCH3 is 1. The molecule has 0 N–H and O–H groups in total. The van der Waals surface area contributed by atoms with Crippen LogP contribution in [0.15, 0.2) is 164 Å². The van der Waals surface area contributed by atoms with Crippen molar-refractivity contribution in [3.8, 4) is 16.9 Å². The normalized spacial score (nSPS) is 12.8. The summed E-state index contributed by atoms with van der Waals surface area (Å²) in [6.45, 7) is 2.18. The molecular weight excluding hydrogens is 546 g/mol. The first-order valence-corrected chi connectivity index (χ1v) is 15.5. The molecular formula is C43H33NO. The fourth-order valence-corrected chi connectivity index (χ4v) is 7.32. The Labute approximate surface area is 264 Å². The first kappa shape index (κ1) is 27.0. The lowest BCUT2D eigenvalue weighted by Gasteiger charge is -2.35. The van der Waals surface area contributed by atoms with E-state index in [1.165, 1.54) is 49.7 Å². The van der Waals surface area contributed by atoms with Gasteiger partial charge in [0.05, 0.1) is 18.2 Å². The predicted octanol–water partition coefficient (Wildman–Crippen LogP) is 11.0. The molecule has 8 rings (SSSR count). The third-order valence-corrected chi connectivity index (χ3v) is 9.30. The number of benzene rings is 7. The number of ether oxygens (including phenoxy) is 1. The summed E-state index contributed by atoms with van der Waals surface area (Å²) < 4.78 is 5.50. The number of anilines is 3. The summed E-state index contributed by atoms with van der Waals surface area (Å²) in [5.74, 6) is 0.839. The van der Waals surface area contributed by atoms with Gasteiger partial charge in [0.15, 0.2) is 0 Å². The summed E-state index contributed by atoms with van der Waals surface area (Å²) in [6.07, 6.45) is 0. The van der Waals surface area contributed by atoms with Crippen LogP contribution in [-0.4, -0.2) is 7.11 Å². The number of hydrogen-bond donors (Lipinski definition) is 0. The van der Waals surface area contributed by atoms with E-state index in [1.54, 1.807) is 7.11 Å². The Bertz CT molecular complexity index is 2110. The zero-order valence-corrected chi connectivity index (χ0v) is 25.4. The second kappa shape index (κ2) is 10.8. The Hall–Kier alpha value is -5.60. The van der Waals surface area contributed by atoms with Gasteiger partial charge in [-0.15, -0.1) is 0 Å². The molecule has 0 spiro atoms. The van der Waals surface area contributed by atoms with Crippen molar-refractivity contribution in [2.75, 3.05) is 12.0 Å². The van der Waals surface area contributed by atoms with E-state index in [9.17, 15) is 0 Å². The lowest BCUT2D eigenvalue weighted by Crippen LogP contribution is -2.28. The Balaban J connectivity index is 1.35. The van der Waals surface area contributed by atoms with Gasteiger partial charge in [0.2, 0.25) is 0 Å². The lowest BCUT2D eigenvalue weighted by molar-refractivity contribution is 0.415. The highest BCUT2D eigenvalue weighted by Crippen LogP contribution is 2.56. The van der Waals surface area contributed by atoms with Gasteiger partial charge >= 0.3 is 0 Å². The topological polar surface area (TPSA) is 12.5 Å². The molecule has 1 aliphatic rings. The van der Waals surface area contributed by atoms with Crippen LogP contribution >= 0.6 is 0 Å². The fraction of sp³-hybridized carbons (Fsp3) is 0.0698. The molecule has 0 radical (unpaired) electrons. The molecule has 0 unspecified atom stereocenters. The number of hydrogen-bond acceptors (Lipinski definition) is 2. The quantitative estimate of drug-likeness (QED) is 0.194. The van der Waals surface area contributed by atoms with Gasteiger partial charge in [0.25, 0.3) is 0 Å². The van der Waals surface area contributed by atoms with Gasteiger partial charge in [-0.25, -0.2) is 0 Å². The maximum atomic E-state index is 5.50. The average molecular weight is 580 g/mol. The average Bonchev–Trinajstić information content (AvgIpc) is 3.40. The van der Waals surface area contributed by atoms with Crippen molar-refractivity contribution in [1.29, 1.82) is 0 Å². The lowest BCUT2D eigenvalue weighted by atomic mass is 9.67. The molecule has 1 aliphatic carbocycles. The summed E-state index contributed by atoms with van der Waals surface area (Å²) in [5.41, 5.74) is 11.9. The van der Waals surface area contributed by atoms with Crippen LogP contribution in [0, 0.1) is 6.92 Å². The molecule has 0 bridgehead atoms. The van der Waals surface area contributed by atoms with Crippen molar-refractivity contribution in [2.24, 2.45) is 0 Å². The second-order valence-corrected chi connectivity index (χ2v) is 11.8. The third kappa shape index (κ3) is 4.25. The fourth-order valence-electron chi connectivity index (χ4n) is 7.32. The SMILES string of the molecule is COc1ccc(N(c2ccc(C3(c4cccc(C)c4)c4ccccc4-c4ccccc43)cc2)c2cccc3ccccc23)cc1. The number of nitrogens with zero attached hydrogens (tertiary/aromatic N) is 1. The van der Waals surface area contributed by atoms with Gasteiger partial charge < -0.3 is 9.64 Å². The molecule has 0 saturated carbocycles. The third-order valence-electron chi connectivity index (χ3n) is 9.30. The monoisotopic (exact) mass is 579 g/mol. The van der Waals surface area contributed by atoms with E-state index in [4.69, 9.17) is 4.74 Å². The summed E-state index contributed by atoms with van der Waals surface area (Å²) >= 11 is 0. The Morgan fingerprint density at radius 3 is 1.76 bits per heavy atom. The van der Waals surface area contributed by atoms with Crippen molar-refractivity contribution >= 4 is 27.8 Å². The summed E-state index contributed by atoms with van der Waals surface area (Å²) in [6, 6.07) is 59.5. The van der Waals surface area contributed by atoms with Crippen LogP contribution < -0.4 is 9.64 Å². The Morgan fingerprint density at radius 2 is 1.09 bits per heavy atom. The summed E-state index contributed by atoms with van der Waals surface area (Å²) in [5, 5.41) is 2.41. The van der Waals surface area contributed by atoms with Crippen molar-refractivity contribution in [3.05, 3.63) is 192 Å². The Kier molecular flexibility index (Phi) is 6.50. The van der Waals surface area contributed by atoms with E-state index in [0.29, 0.717) is 0 Å². The van der Waals surface area contributed by atoms with Crippen LogP contribution in [0.2, 0.25) is 0 Å². The van der Waals surface area contributed by atoms with Crippen molar-refractivity contribution < 1.29 is 4.74 Å². The summed E-state index contributed by atoms with van der Waals surface area (Å²) in [7, 11) is 1.71. The van der Waals surface area contributed by atoms with Crippen LogP contribution in [0.1, 0.15) is 27.8 Å². The largest absolute Gasteiger partial charge is 0.497 e. The maximum Gasteiger partial charge on any atom is 0.119 e. The van der Waals surface area contributed by atoms with Crippen LogP contribution in [0.25, 0.3) is 21.9 Å². The van der Waals surface area contributed by atoms with Crippen LogP contribution in [-0.2, 0) is 5.41 Å². The van der Waals surface area contributed by atoms with Crippen LogP contribution in [0.4, 0.5) is 17.1 Å². The predicted molar refractivity (Wildman–Crippen MR) is 187 cm³/mol. The van der Waals surface area contributed by atoms with E-state index < -0.39 is 5.41 Å². The molecule has 216 valence electrons. The molecule has 0 fully saturated rings. The molecule has 7 aromatic rings. The number of fused-ring (bicyclic) bond motifs is 4. The van der Waals surface area contributed by atoms with Crippen molar-refractivity contribution in [3.63, 3.8) is 0 Å². The van der Waals surface area contributed by atoms with E-state index >= 15 is 0 Å². The minimum Gasteiger partial charge on any atom is -0.497 e. The molecule has 0 saturated heterocycles. The molecule has 45 heavy (non-hydrogen) atoms. The van der Waals surface area contributed by atoms with Gasteiger partial charge in [0, 0.05) is 16.8 Å². The first-order chi connectivity index (χ1) is 22.2. The molecule has 0 atom stereocenters. The van der Waals surface area contributed by atoms with Gasteiger partial charge in [0.1, 0.15) is 5.75 Å². The minimum absolute atomic E-state index is 0.428. The second-order valence-electron chi connectivity index (χ2n) is 11.8. The molecule has 0 heterocycles. The highest BCUT2D eigenvalue weighted by atomic mass is 16.5. The van der Waals surface area contributed by atoms with Gasteiger partial charge in [-0.1, -0.05) is 127 Å². The molecule has 2 nitrogen and oxygen atoms in total. The van der Waals surface area contributed by atoms with E-state index in [2.05, 4.69) is 163 Å². The van der Waals surface area contributed by atoms with E-state index in [-0.39, 0.29) is 0 Å². The Morgan fingerprint density at radius 1 is 0.511 bits per heavy atom. The van der Waals surface area contributed by atoms with Crippen LogP contribution in [0.3, 0.4) is 0 Å². The highest BCUT2D eigenvalue weighted by Gasteiger charge is 2.45. The molecule has 2 heteroatoms. The standard InChI is InChI=1S/C43H33NO/c1-30-11-9-14-33(29-30)43(40-18-7-5-16-38(40)39-17-6-8-19-41(39)43)32-21-23-34(24-22-32)44(35-25-27-36(45-2)28-26-35)42-20-10-13-31-12-3-4-15-37(31)42/h3-29H,1-2H3. The van der Waals surface area contributed by atoms with Crippen molar-refractivity contribution in [2.45, 2.75) is 12.3 Å². The number of rotatable bonds is 6. The maximum absolute atomic E-state index is 5.50. The van der Waals surface area contributed by atoms with Gasteiger partial charge in [-0.3, -0.25) is 0 Å². The molecule has 0 amide bonds. The van der Waals surface area contributed by atoms with Crippen molar-refractivity contribution in [1.82, 2.24) is 0 Å². The zero-order valence-electron chi connectivity index (χ0n) is 25.4. The van der Waals surface area contributed by atoms with E-state index in [0.717, 1.165) is 22.8 Å². The first-order valence-electron chi connectivity index (χ1n) is 15.5. The van der Waals surface area contributed by atoms with Gasteiger partial charge in [-0.05, 0) is 88.2 Å². The van der Waals surface area contributed by atoms with Crippen LogP contribution in [0.5, 0.6) is 5.75 Å². The molecule has 0 aliphatic heterocycles. The smallest absolute Gasteiger partial charge is 0.119 e. The number of aryl methyl sites for hydroxylation is 1. The summed E-state index contributed by atoms with van der Waals surface area (Å²) in [4.78, 5) is 2.35. The highest BCUT2D eigenvalue weighted by molar-refractivity contribution is 5.99. The zero-order chi connectivity index (χ0) is 30.4. The van der Waals surface area contributed by atoms with Gasteiger partial charge in [-0.2, -0.15) is 0 Å². The van der Waals surface area contributed by atoms with E-state index in [1.807, 2.05) is 12.1 Å². The minimum atomic E-state index is -0.428.